The minimum atomic E-state index is -0.0678. The zero-order valence-corrected chi connectivity index (χ0v) is 16.8. The van der Waals surface area contributed by atoms with Crippen molar-refractivity contribution in [2.24, 2.45) is 5.41 Å². The quantitative estimate of drug-likeness (QED) is 0.769. The first-order valence-corrected chi connectivity index (χ1v) is 9.11. The minimum absolute atomic E-state index is 0.0678. The molecule has 0 heterocycles. The number of allylic oxidation sites excluding steroid dienone is 1. The minimum Gasteiger partial charge on any atom is -0.493 e. The van der Waals surface area contributed by atoms with E-state index < -0.39 is 0 Å². The Hall–Kier alpha value is -2.75. The molecular weight excluding hydrogens is 338 g/mol. The highest BCUT2D eigenvalue weighted by Gasteiger charge is 2.08. The monoisotopic (exact) mass is 367 g/mol. The van der Waals surface area contributed by atoms with Crippen molar-refractivity contribution in [2.75, 3.05) is 20.8 Å². The van der Waals surface area contributed by atoms with Gasteiger partial charge in [-0.25, -0.2) is 0 Å². The molecule has 2 rings (SSSR count). The number of carbonyl (C=O) groups is 1. The highest BCUT2D eigenvalue weighted by molar-refractivity contribution is 5.94. The van der Waals surface area contributed by atoms with E-state index >= 15 is 0 Å². The maximum Gasteiger partial charge on any atom is 0.251 e. The Kier molecular flexibility index (Phi) is 7.05. The van der Waals surface area contributed by atoms with E-state index in [1.54, 1.807) is 14.2 Å². The van der Waals surface area contributed by atoms with Gasteiger partial charge in [-0.2, -0.15) is 0 Å². The standard InChI is InChI=1S/C23H29NO3/c1-23(2,3)14-12-17-6-9-19(10-7-17)22(25)24-15-13-18-8-11-20(26-4)21(16-18)27-5/h6-12,14,16H,13,15H2,1-5H3,(H,24,25)/b14-12+. The number of nitrogens with one attached hydrogen (secondary N) is 1. The van der Waals surface area contributed by atoms with Gasteiger partial charge in [0.25, 0.3) is 5.91 Å². The van der Waals surface area contributed by atoms with Gasteiger partial charge in [0.1, 0.15) is 0 Å². The van der Waals surface area contributed by atoms with Crippen molar-refractivity contribution >= 4 is 12.0 Å². The lowest BCUT2D eigenvalue weighted by Crippen LogP contribution is -2.25. The van der Waals surface area contributed by atoms with Crippen molar-refractivity contribution in [1.82, 2.24) is 5.32 Å². The summed E-state index contributed by atoms with van der Waals surface area (Å²) in [4.78, 5) is 12.3. The van der Waals surface area contributed by atoms with Crippen LogP contribution in [0.4, 0.5) is 0 Å². The van der Waals surface area contributed by atoms with Crippen molar-refractivity contribution in [2.45, 2.75) is 27.2 Å². The summed E-state index contributed by atoms with van der Waals surface area (Å²) in [7, 11) is 3.23. The molecule has 0 unspecified atom stereocenters. The molecule has 2 aromatic rings. The molecule has 4 nitrogen and oxygen atoms in total. The lowest BCUT2D eigenvalue weighted by atomic mass is 9.95. The Morgan fingerprint density at radius 2 is 1.67 bits per heavy atom. The molecule has 0 aliphatic rings. The topological polar surface area (TPSA) is 47.6 Å². The van der Waals surface area contributed by atoms with Crippen molar-refractivity contribution in [3.63, 3.8) is 0 Å². The van der Waals surface area contributed by atoms with Crippen LogP contribution in [0, 0.1) is 5.41 Å². The Morgan fingerprint density at radius 3 is 2.26 bits per heavy atom. The summed E-state index contributed by atoms with van der Waals surface area (Å²) in [6.07, 6.45) is 4.96. The van der Waals surface area contributed by atoms with Gasteiger partial charge in [-0.05, 0) is 47.2 Å². The highest BCUT2D eigenvalue weighted by Crippen LogP contribution is 2.27. The van der Waals surface area contributed by atoms with E-state index in [4.69, 9.17) is 9.47 Å². The molecule has 4 heteroatoms. The van der Waals surface area contributed by atoms with E-state index in [0.717, 1.165) is 17.5 Å². The fraction of sp³-hybridized carbons (Fsp3) is 0.348. The third kappa shape index (κ3) is 6.48. The second-order valence-electron chi connectivity index (χ2n) is 7.52. The third-order valence-corrected chi connectivity index (χ3v) is 4.10. The molecule has 0 aliphatic heterocycles. The molecule has 0 fully saturated rings. The number of amides is 1. The van der Waals surface area contributed by atoms with Crippen LogP contribution in [0.5, 0.6) is 11.5 Å². The van der Waals surface area contributed by atoms with Crippen molar-refractivity contribution in [3.8, 4) is 11.5 Å². The molecule has 0 radical (unpaired) electrons. The van der Waals surface area contributed by atoms with Crippen LogP contribution in [-0.2, 0) is 6.42 Å². The first-order chi connectivity index (χ1) is 12.8. The fourth-order valence-corrected chi connectivity index (χ4v) is 2.55. The second-order valence-corrected chi connectivity index (χ2v) is 7.52. The highest BCUT2D eigenvalue weighted by atomic mass is 16.5. The SMILES string of the molecule is COc1ccc(CCNC(=O)c2ccc(/C=C/C(C)(C)C)cc2)cc1OC. The Bertz CT molecular complexity index is 786. The summed E-state index contributed by atoms with van der Waals surface area (Å²) in [5.74, 6) is 1.33. The number of methoxy groups -OCH3 is 2. The van der Waals surface area contributed by atoms with Crippen LogP contribution in [0.3, 0.4) is 0 Å². The van der Waals surface area contributed by atoms with Crippen LogP contribution >= 0.6 is 0 Å². The summed E-state index contributed by atoms with van der Waals surface area (Å²) in [6.45, 7) is 7.02. The number of carbonyl (C=O) groups excluding carboxylic acids is 1. The van der Waals surface area contributed by atoms with Crippen LogP contribution in [-0.4, -0.2) is 26.7 Å². The largest absolute Gasteiger partial charge is 0.493 e. The molecule has 0 spiro atoms. The molecule has 1 amide bonds. The van der Waals surface area contributed by atoms with E-state index in [2.05, 4.69) is 38.2 Å². The summed E-state index contributed by atoms with van der Waals surface area (Å²) in [6, 6.07) is 13.4. The molecular formula is C23H29NO3. The molecule has 144 valence electrons. The third-order valence-electron chi connectivity index (χ3n) is 4.10. The number of rotatable bonds is 7. The van der Waals surface area contributed by atoms with Crippen molar-refractivity contribution in [3.05, 3.63) is 65.2 Å². The molecule has 27 heavy (non-hydrogen) atoms. The lowest BCUT2D eigenvalue weighted by molar-refractivity contribution is 0.0954. The lowest BCUT2D eigenvalue weighted by Gasteiger charge is -2.11. The zero-order valence-electron chi connectivity index (χ0n) is 16.8. The van der Waals surface area contributed by atoms with Gasteiger partial charge in [-0.15, -0.1) is 0 Å². The first kappa shape index (κ1) is 20.6. The van der Waals surface area contributed by atoms with Gasteiger partial charge in [0.15, 0.2) is 11.5 Å². The summed E-state index contributed by atoms with van der Waals surface area (Å²) < 4.78 is 10.5. The average molecular weight is 367 g/mol. The van der Waals surface area contributed by atoms with Crippen LogP contribution in [0.2, 0.25) is 0 Å². The van der Waals surface area contributed by atoms with E-state index in [1.165, 1.54) is 0 Å². The predicted octanol–water partition coefficient (Wildman–Crippen LogP) is 4.74. The molecule has 0 atom stereocenters. The number of hydrogen-bond acceptors (Lipinski definition) is 3. The first-order valence-electron chi connectivity index (χ1n) is 9.11. The van der Waals surface area contributed by atoms with E-state index in [-0.39, 0.29) is 11.3 Å². The summed E-state index contributed by atoms with van der Waals surface area (Å²) in [5, 5.41) is 2.96. The summed E-state index contributed by atoms with van der Waals surface area (Å²) >= 11 is 0. The zero-order chi connectivity index (χ0) is 19.9. The summed E-state index contributed by atoms with van der Waals surface area (Å²) in [5.41, 5.74) is 2.97. The molecule has 2 aromatic carbocycles. The Balaban J connectivity index is 1.89. The number of hydrogen-bond donors (Lipinski definition) is 1. The maximum absolute atomic E-state index is 12.3. The normalized spacial score (nSPS) is 11.4. The molecule has 0 saturated carbocycles. The Morgan fingerprint density at radius 1 is 1.00 bits per heavy atom. The van der Waals surface area contributed by atoms with Crippen LogP contribution in [0.1, 0.15) is 42.3 Å². The Labute approximate surface area is 162 Å². The molecule has 0 saturated heterocycles. The van der Waals surface area contributed by atoms with Gasteiger partial charge in [0.2, 0.25) is 0 Å². The second kappa shape index (κ2) is 9.26. The predicted molar refractivity (Wildman–Crippen MR) is 111 cm³/mol. The molecule has 0 aromatic heterocycles. The van der Waals surface area contributed by atoms with Gasteiger partial charge in [0, 0.05) is 12.1 Å². The maximum atomic E-state index is 12.3. The average Bonchev–Trinajstić information content (AvgIpc) is 2.66. The van der Waals surface area contributed by atoms with E-state index in [9.17, 15) is 4.79 Å². The van der Waals surface area contributed by atoms with E-state index in [1.807, 2.05) is 42.5 Å². The van der Waals surface area contributed by atoms with Gasteiger partial charge in [-0.1, -0.05) is 51.1 Å². The molecule has 1 N–H and O–H groups in total. The van der Waals surface area contributed by atoms with Gasteiger partial charge in [-0.3, -0.25) is 4.79 Å². The van der Waals surface area contributed by atoms with E-state index in [0.29, 0.717) is 23.6 Å². The smallest absolute Gasteiger partial charge is 0.251 e. The molecule has 0 bridgehead atoms. The van der Waals surface area contributed by atoms with Crippen LogP contribution in [0.15, 0.2) is 48.5 Å². The van der Waals surface area contributed by atoms with Crippen molar-refractivity contribution in [1.29, 1.82) is 0 Å². The van der Waals surface area contributed by atoms with Gasteiger partial charge < -0.3 is 14.8 Å². The number of ether oxygens (including phenoxy) is 2. The van der Waals surface area contributed by atoms with Gasteiger partial charge >= 0.3 is 0 Å². The number of benzene rings is 2. The molecule has 0 aliphatic carbocycles. The van der Waals surface area contributed by atoms with Crippen LogP contribution in [0.25, 0.3) is 6.08 Å². The fourth-order valence-electron chi connectivity index (χ4n) is 2.55. The van der Waals surface area contributed by atoms with Crippen molar-refractivity contribution < 1.29 is 14.3 Å². The van der Waals surface area contributed by atoms with Crippen LogP contribution < -0.4 is 14.8 Å². The van der Waals surface area contributed by atoms with Gasteiger partial charge in [0.05, 0.1) is 14.2 Å².